The lowest BCUT2D eigenvalue weighted by Gasteiger charge is -2.32. The minimum Gasteiger partial charge on any atom is -0.480 e. The number of hydrogen-bond acceptors (Lipinski definition) is 4. The largest absolute Gasteiger partial charge is 0.480 e. The molecule has 1 saturated heterocycles. The van der Waals surface area contributed by atoms with Gasteiger partial charge < -0.3 is 5.11 Å². The Bertz CT molecular complexity index is 455. The SMILES string of the molecule is CC(=O)c1cc(CN2CCCCC2C(=O)O)cs1. The van der Waals surface area contributed by atoms with Gasteiger partial charge >= 0.3 is 5.97 Å². The van der Waals surface area contributed by atoms with Crippen LogP contribution in [0.15, 0.2) is 11.4 Å². The molecule has 0 aliphatic carbocycles. The van der Waals surface area contributed by atoms with Gasteiger partial charge in [-0.15, -0.1) is 11.3 Å². The van der Waals surface area contributed by atoms with E-state index in [0.717, 1.165) is 36.2 Å². The lowest BCUT2D eigenvalue weighted by Crippen LogP contribution is -2.43. The molecule has 2 heterocycles. The van der Waals surface area contributed by atoms with Gasteiger partial charge in [-0.05, 0) is 43.3 Å². The van der Waals surface area contributed by atoms with E-state index >= 15 is 0 Å². The fourth-order valence-corrected chi connectivity index (χ4v) is 3.14. The van der Waals surface area contributed by atoms with Crippen LogP contribution in [0.3, 0.4) is 0 Å². The van der Waals surface area contributed by atoms with Crippen LogP contribution >= 0.6 is 11.3 Å². The van der Waals surface area contributed by atoms with Crippen LogP contribution in [0.5, 0.6) is 0 Å². The van der Waals surface area contributed by atoms with Crippen molar-refractivity contribution in [2.24, 2.45) is 0 Å². The van der Waals surface area contributed by atoms with Crippen LogP contribution in [0.25, 0.3) is 0 Å². The molecule has 1 N–H and O–H groups in total. The molecule has 1 atom stereocenters. The van der Waals surface area contributed by atoms with E-state index in [1.165, 1.54) is 11.3 Å². The molecule has 1 aliphatic rings. The molecule has 1 unspecified atom stereocenters. The molecule has 5 heteroatoms. The van der Waals surface area contributed by atoms with Crippen molar-refractivity contribution in [2.75, 3.05) is 6.54 Å². The second kappa shape index (κ2) is 5.63. The van der Waals surface area contributed by atoms with Gasteiger partial charge in [0.1, 0.15) is 6.04 Å². The predicted octanol–water partition coefficient (Wildman–Crippen LogP) is 2.39. The molecule has 1 aromatic heterocycles. The van der Waals surface area contributed by atoms with Crippen molar-refractivity contribution in [1.29, 1.82) is 0 Å². The summed E-state index contributed by atoms with van der Waals surface area (Å²) in [5, 5.41) is 11.1. The first kappa shape index (κ1) is 13.2. The van der Waals surface area contributed by atoms with Gasteiger partial charge in [0.15, 0.2) is 5.78 Å². The Labute approximate surface area is 110 Å². The Balaban J connectivity index is 2.06. The molecular weight excluding hydrogens is 250 g/mol. The highest BCUT2D eigenvalue weighted by Crippen LogP contribution is 2.22. The molecule has 0 radical (unpaired) electrons. The number of carbonyl (C=O) groups excluding carboxylic acids is 1. The summed E-state index contributed by atoms with van der Waals surface area (Å²) < 4.78 is 0. The van der Waals surface area contributed by atoms with E-state index in [-0.39, 0.29) is 11.8 Å². The van der Waals surface area contributed by atoms with Crippen molar-refractivity contribution >= 4 is 23.1 Å². The van der Waals surface area contributed by atoms with Gasteiger partial charge in [-0.1, -0.05) is 6.42 Å². The third kappa shape index (κ3) is 2.97. The monoisotopic (exact) mass is 267 g/mol. The molecule has 0 bridgehead atoms. The van der Waals surface area contributed by atoms with Crippen molar-refractivity contribution in [2.45, 2.75) is 38.8 Å². The summed E-state index contributed by atoms with van der Waals surface area (Å²) in [6.07, 6.45) is 2.75. The highest BCUT2D eigenvalue weighted by molar-refractivity contribution is 7.12. The Morgan fingerprint density at radius 2 is 2.28 bits per heavy atom. The Morgan fingerprint density at radius 3 is 2.89 bits per heavy atom. The van der Waals surface area contributed by atoms with E-state index in [0.29, 0.717) is 6.54 Å². The summed E-state index contributed by atoms with van der Waals surface area (Å²) in [7, 11) is 0. The first-order valence-corrected chi connectivity index (χ1v) is 7.01. The number of carbonyl (C=O) groups is 2. The number of nitrogens with zero attached hydrogens (tertiary/aromatic N) is 1. The summed E-state index contributed by atoms with van der Waals surface area (Å²) >= 11 is 1.43. The van der Waals surface area contributed by atoms with Crippen LogP contribution < -0.4 is 0 Å². The van der Waals surface area contributed by atoms with Crippen molar-refractivity contribution in [3.63, 3.8) is 0 Å². The van der Waals surface area contributed by atoms with E-state index < -0.39 is 5.97 Å². The highest BCUT2D eigenvalue weighted by Gasteiger charge is 2.28. The maximum Gasteiger partial charge on any atom is 0.320 e. The molecule has 1 fully saturated rings. The van der Waals surface area contributed by atoms with Crippen molar-refractivity contribution < 1.29 is 14.7 Å². The zero-order chi connectivity index (χ0) is 13.1. The van der Waals surface area contributed by atoms with Gasteiger partial charge in [-0.2, -0.15) is 0 Å². The van der Waals surface area contributed by atoms with E-state index in [9.17, 15) is 14.7 Å². The number of aliphatic carboxylic acids is 1. The van der Waals surface area contributed by atoms with Crippen LogP contribution in [0.4, 0.5) is 0 Å². The van der Waals surface area contributed by atoms with E-state index in [4.69, 9.17) is 0 Å². The topological polar surface area (TPSA) is 57.6 Å². The zero-order valence-electron chi connectivity index (χ0n) is 10.4. The second-order valence-electron chi connectivity index (χ2n) is 4.70. The van der Waals surface area contributed by atoms with Crippen molar-refractivity contribution in [1.82, 2.24) is 4.90 Å². The number of carboxylic acids is 1. The summed E-state index contributed by atoms with van der Waals surface area (Å²) in [4.78, 5) is 25.1. The average Bonchev–Trinajstić information content (AvgIpc) is 2.78. The number of rotatable bonds is 4. The predicted molar refractivity (Wildman–Crippen MR) is 70.0 cm³/mol. The Hall–Kier alpha value is -1.20. The van der Waals surface area contributed by atoms with Crippen LogP contribution in [0.1, 0.15) is 41.4 Å². The quantitative estimate of drug-likeness (QED) is 0.851. The fourth-order valence-electron chi connectivity index (χ4n) is 2.34. The van der Waals surface area contributed by atoms with Gasteiger partial charge in [0.2, 0.25) is 0 Å². The minimum atomic E-state index is -0.739. The molecule has 4 nitrogen and oxygen atoms in total. The molecule has 0 saturated carbocycles. The van der Waals surface area contributed by atoms with Crippen molar-refractivity contribution in [3.05, 3.63) is 21.9 Å². The fraction of sp³-hybridized carbons (Fsp3) is 0.538. The summed E-state index contributed by atoms with van der Waals surface area (Å²) in [5.74, 6) is -0.670. The number of ketones is 1. The number of piperidine rings is 1. The third-order valence-corrected chi connectivity index (χ3v) is 4.36. The number of likely N-dealkylation sites (tertiary alicyclic amines) is 1. The molecule has 1 aliphatic heterocycles. The van der Waals surface area contributed by atoms with Gasteiger partial charge in [-0.3, -0.25) is 14.5 Å². The molecule has 0 spiro atoms. The first-order valence-electron chi connectivity index (χ1n) is 6.13. The maximum atomic E-state index is 11.2. The van der Waals surface area contributed by atoms with Crippen LogP contribution in [0, 0.1) is 0 Å². The molecule has 18 heavy (non-hydrogen) atoms. The van der Waals surface area contributed by atoms with E-state index in [2.05, 4.69) is 0 Å². The normalized spacial score (nSPS) is 20.8. The van der Waals surface area contributed by atoms with Crippen LogP contribution in [-0.4, -0.2) is 34.3 Å². The lowest BCUT2D eigenvalue weighted by atomic mass is 10.0. The number of thiophene rings is 1. The zero-order valence-corrected chi connectivity index (χ0v) is 11.2. The van der Waals surface area contributed by atoms with Gasteiger partial charge in [0.05, 0.1) is 4.88 Å². The van der Waals surface area contributed by atoms with Crippen LogP contribution in [-0.2, 0) is 11.3 Å². The van der Waals surface area contributed by atoms with E-state index in [1.807, 2.05) is 16.3 Å². The highest BCUT2D eigenvalue weighted by atomic mass is 32.1. The van der Waals surface area contributed by atoms with Gasteiger partial charge in [0.25, 0.3) is 0 Å². The smallest absolute Gasteiger partial charge is 0.320 e. The minimum absolute atomic E-state index is 0.0691. The number of hydrogen-bond donors (Lipinski definition) is 1. The molecule has 1 aromatic rings. The second-order valence-corrected chi connectivity index (χ2v) is 5.61. The lowest BCUT2D eigenvalue weighted by molar-refractivity contribution is -0.144. The van der Waals surface area contributed by atoms with Gasteiger partial charge in [-0.25, -0.2) is 0 Å². The standard InChI is InChI=1S/C13H17NO3S/c1-9(15)12-6-10(8-18-12)7-14-5-3-2-4-11(14)13(16)17/h6,8,11H,2-5,7H2,1H3,(H,16,17). The number of carboxylic acid groups (broad SMARTS) is 1. The number of Topliss-reactive ketones (excluding diaryl/α,β-unsaturated/α-hetero) is 1. The molecular formula is C13H17NO3S. The first-order chi connectivity index (χ1) is 8.58. The van der Waals surface area contributed by atoms with E-state index in [1.54, 1.807) is 6.92 Å². The Morgan fingerprint density at radius 1 is 1.50 bits per heavy atom. The third-order valence-electron chi connectivity index (χ3n) is 3.29. The average molecular weight is 267 g/mol. The maximum absolute atomic E-state index is 11.2. The summed E-state index contributed by atoms with van der Waals surface area (Å²) in [6, 6.07) is 1.50. The summed E-state index contributed by atoms with van der Waals surface area (Å²) in [5.41, 5.74) is 1.04. The van der Waals surface area contributed by atoms with Gasteiger partial charge in [0, 0.05) is 6.54 Å². The Kier molecular flexibility index (Phi) is 4.14. The summed E-state index contributed by atoms with van der Waals surface area (Å²) in [6.45, 7) is 3.00. The van der Waals surface area contributed by atoms with Crippen LogP contribution in [0.2, 0.25) is 0 Å². The molecule has 0 amide bonds. The molecule has 2 rings (SSSR count). The molecule has 0 aromatic carbocycles. The van der Waals surface area contributed by atoms with Crippen molar-refractivity contribution in [3.8, 4) is 0 Å². The molecule has 98 valence electrons.